The summed E-state index contributed by atoms with van der Waals surface area (Å²) in [5.74, 6) is 0.00216. The Morgan fingerprint density at radius 1 is 1.23 bits per heavy atom. The van der Waals surface area contributed by atoms with E-state index in [0.29, 0.717) is 18.7 Å². The molecule has 4 heteroatoms. The van der Waals surface area contributed by atoms with E-state index in [-0.39, 0.29) is 17.6 Å². The molecule has 0 spiro atoms. The molecule has 22 heavy (non-hydrogen) atoms. The Bertz CT molecular complexity index is 641. The van der Waals surface area contributed by atoms with Gasteiger partial charge in [-0.3, -0.25) is 9.78 Å². The fourth-order valence-corrected chi connectivity index (χ4v) is 2.72. The number of carbonyl (C=O) groups is 1. The number of benzene rings is 1. The highest BCUT2D eigenvalue weighted by Crippen LogP contribution is 2.31. The number of aromatic nitrogens is 1. The molecule has 1 aliphatic rings. The average Bonchev–Trinajstić information content (AvgIpc) is 2.56. The standard InChI is InChI=1S/C18H20N2O2/c1-18(2)13-22-16(14-7-4-3-5-8-14)12-20(18)17(21)15-9-6-10-19-11-15/h3-11,16H,12-13H2,1-2H3. The van der Waals surface area contributed by atoms with Gasteiger partial charge < -0.3 is 9.64 Å². The largest absolute Gasteiger partial charge is 0.369 e. The lowest BCUT2D eigenvalue weighted by Gasteiger charge is -2.45. The first kappa shape index (κ1) is 14.7. The van der Waals surface area contributed by atoms with Crippen LogP contribution in [0.3, 0.4) is 0 Å². The van der Waals surface area contributed by atoms with Gasteiger partial charge >= 0.3 is 0 Å². The van der Waals surface area contributed by atoms with Crippen LogP contribution in [0.25, 0.3) is 0 Å². The molecule has 0 radical (unpaired) electrons. The fraction of sp³-hybridized carbons (Fsp3) is 0.333. The molecular formula is C18H20N2O2. The smallest absolute Gasteiger partial charge is 0.256 e. The molecule has 0 bridgehead atoms. The molecule has 1 fully saturated rings. The van der Waals surface area contributed by atoms with Crippen molar-refractivity contribution in [2.75, 3.05) is 13.2 Å². The molecule has 1 aromatic carbocycles. The number of amides is 1. The molecule has 0 saturated carbocycles. The highest BCUT2D eigenvalue weighted by atomic mass is 16.5. The van der Waals surface area contributed by atoms with Gasteiger partial charge in [-0.2, -0.15) is 0 Å². The third-order valence-electron chi connectivity index (χ3n) is 4.04. The van der Waals surface area contributed by atoms with Crippen LogP contribution < -0.4 is 0 Å². The Labute approximate surface area is 130 Å². The number of hydrogen-bond acceptors (Lipinski definition) is 3. The number of pyridine rings is 1. The molecular weight excluding hydrogens is 276 g/mol. The normalized spacial score (nSPS) is 20.6. The first-order valence-corrected chi connectivity index (χ1v) is 7.46. The summed E-state index contributed by atoms with van der Waals surface area (Å²) in [7, 11) is 0. The van der Waals surface area contributed by atoms with Gasteiger partial charge in [-0.05, 0) is 31.5 Å². The third-order valence-corrected chi connectivity index (χ3v) is 4.04. The summed E-state index contributed by atoms with van der Waals surface area (Å²) >= 11 is 0. The van der Waals surface area contributed by atoms with E-state index in [2.05, 4.69) is 4.98 Å². The maximum atomic E-state index is 12.8. The van der Waals surface area contributed by atoms with Crippen molar-refractivity contribution in [3.05, 3.63) is 66.0 Å². The minimum Gasteiger partial charge on any atom is -0.369 e. The number of morpholine rings is 1. The van der Waals surface area contributed by atoms with E-state index in [9.17, 15) is 4.79 Å². The predicted molar refractivity (Wildman–Crippen MR) is 84.5 cm³/mol. The minimum absolute atomic E-state index is 0.00216. The Hall–Kier alpha value is -2.20. The maximum Gasteiger partial charge on any atom is 0.256 e. The highest BCUT2D eigenvalue weighted by molar-refractivity contribution is 5.94. The van der Waals surface area contributed by atoms with Crippen LogP contribution in [-0.4, -0.2) is 34.5 Å². The van der Waals surface area contributed by atoms with Gasteiger partial charge in [0.25, 0.3) is 5.91 Å². The highest BCUT2D eigenvalue weighted by Gasteiger charge is 2.38. The topological polar surface area (TPSA) is 42.4 Å². The Morgan fingerprint density at radius 3 is 2.68 bits per heavy atom. The molecule has 1 aliphatic heterocycles. The van der Waals surface area contributed by atoms with Gasteiger partial charge in [-0.1, -0.05) is 30.3 Å². The Balaban J connectivity index is 1.86. The summed E-state index contributed by atoms with van der Waals surface area (Å²) in [5.41, 5.74) is 1.38. The van der Waals surface area contributed by atoms with Crippen molar-refractivity contribution in [3.63, 3.8) is 0 Å². The lowest BCUT2D eigenvalue weighted by Crippen LogP contribution is -2.56. The van der Waals surface area contributed by atoms with Gasteiger partial charge in [0.05, 0.1) is 24.3 Å². The SMILES string of the molecule is CC1(C)COC(c2ccccc2)CN1C(=O)c1cccnc1. The van der Waals surface area contributed by atoms with E-state index in [0.717, 1.165) is 5.56 Å². The van der Waals surface area contributed by atoms with E-state index in [1.807, 2.05) is 49.1 Å². The van der Waals surface area contributed by atoms with E-state index in [1.54, 1.807) is 24.5 Å². The number of rotatable bonds is 2. The van der Waals surface area contributed by atoms with Crippen LogP contribution in [0.5, 0.6) is 0 Å². The summed E-state index contributed by atoms with van der Waals surface area (Å²) < 4.78 is 5.99. The minimum atomic E-state index is -0.335. The fourth-order valence-electron chi connectivity index (χ4n) is 2.72. The van der Waals surface area contributed by atoms with Crippen LogP contribution in [0.2, 0.25) is 0 Å². The maximum absolute atomic E-state index is 12.8. The predicted octanol–water partition coefficient (Wildman–Crippen LogP) is 3.07. The quantitative estimate of drug-likeness (QED) is 0.855. The summed E-state index contributed by atoms with van der Waals surface area (Å²) in [4.78, 5) is 18.8. The molecule has 0 N–H and O–H groups in total. The molecule has 0 aliphatic carbocycles. The number of nitrogens with zero attached hydrogens (tertiary/aromatic N) is 2. The van der Waals surface area contributed by atoms with Crippen molar-refractivity contribution in [1.29, 1.82) is 0 Å². The summed E-state index contributed by atoms with van der Waals surface area (Å²) in [5, 5.41) is 0. The molecule has 1 unspecified atom stereocenters. The zero-order chi connectivity index (χ0) is 15.6. The van der Waals surface area contributed by atoms with Crippen molar-refractivity contribution < 1.29 is 9.53 Å². The molecule has 3 rings (SSSR count). The molecule has 2 heterocycles. The second-order valence-electron chi connectivity index (χ2n) is 6.18. The van der Waals surface area contributed by atoms with Crippen LogP contribution in [0, 0.1) is 0 Å². The zero-order valence-corrected chi connectivity index (χ0v) is 12.9. The van der Waals surface area contributed by atoms with E-state index < -0.39 is 0 Å². The molecule has 1 atom stereocenters. The van der Waals surface area contributed by atoms with Crippen molar-refractivity contribution >= 4 is 5.91 Å². The first-order chi connectivity index (χ1) is 10.6. The summed E-state index contributed by atoms with van der Waals surface area (Å²) in [6.45, 7) is 5.12. The molecule has 1 aromatic heterocycles. The van der Waals surface area contributed by atoms with Crippen molar-refractivity contribution in [2.24, 2.45) is 0 Å². The van der Waals surface area contributed by atoms with Crippen molar-refractivity contribution in [2.45, 2.75) is 25.5 Å². The third kappa shape index (κ3) is 2.88. The second kappa shape index (κ2) is 5.89. The van der Waals surface area contributed by atoms with Crippen LogP contribution in [0.1, 0.15) is 35.9 Å². The molecule has 1 saturated heterocycles. The number of ether oxygens (including phenoxy) is 1. The average molecular weight is 296 g/mol. The van der Waals surface area contributed by atoms with E-state index in [1.165, 1.54) is 0 Å². The zero-order valence-electron chi connectivity index (χ0n) is 12.9. The van der Waals surface area contributed by atoms with Crippen molar-refractivity contribution in [1.82, 2.24) is 9.88 Å². The van der Waals surface area contributed by atoms with Crippen LogP contribution in [0.15, 0.2) is 54.9 Å². The van der Waals surface area contributed by atoms with Crippen molar-refractivity contribution in [3.8, 4) is 0 Å². The number of hydrogen-bond donors (Lipinski definition) is 0. The first-order valence-electron chi connectivity index (χ1n) is 7.46. The Kier molecular flexibility index (Phi) is 3.94. The number of carbonyl (C=O) groups excluding carboxylic acids is 1. The van der Waals surface area contributed by atoms with E-state index in [4.69, 9.17) is 4.74 Å². The van der Waals surface area contributed by atoms with Gasteiger partial charge in [0, 0.05) is 12.4 Å². The van der Waals surface area contributed by atoms with Crippen LogP contribution >= 0.6 is 0 Å². The second-order valence-corrected chi connectivity index (χ2v) is 6.18. The van der Waals surface area contributed by atoms with Crippen LogP contribution in [0.4, 0.5) is 0 Å². The van der Waals surface area contributed by atoms with Gasteiger partial charge in [-0.25, -0.2) is 0 Å². The van der Waals surface area contributed by atoms with Crippen LogP contribution in [-0.2, 0) is 4.74 Å². The van der Waals surface area contributed by atoms with Gasteiger partial charge in [-0.15, -0.1) is 0 Å². The van der Waals surface area contributed by atoms with Gasteiger partial charge in [0.1, 0.15) is 6.10 Å². The Morgan fingerprint density at radius 2 is 2.00 bits per heavy atom. The lowest BCUT2D eigenvalue weighted by molar-refractivity contribution is -0.0846. The van der Waals surface area contributed by atoms with Gasteiger partial charge in [0.2, 0.25) is 0 Å². The summed E-state index contributed by atoms with van der Waals surface area (Å²) in [6, 6.07) is 13.6. The molecule has 4 nitrogen and oxygen atoms in total. The van der Waals surface area contributed by atoms with Gasteiger partial charge in [0.15, 0.2) is 0 Å². The molecule has 2 aromatic rings. The lowest BCUT2D eigenvalue weighted by atomic mass is 9.97. The molecule has 114 valence electrons. The monoisotopic (exact) mass is 296 g/mol. The van der Waals surface area contributed by atoms with E-state index >= 15 is 0 Å². The summed E-state index contributed by atoms with van der Waals surface area (Å²) in [6.07, 6.45) is 3.20. The molecule has 1 amide bonds.